The number of hydrogen-bond donors (Lipinski definition) is 1. The molecule has 0 saturated heterocycles. The maximum absolute atomic E-state index is 12.4. The lowest BCUT2D eigenvalue weighted by molar-refractivity contribution is -0.215. The summed E-state index contributed by atoms with van der Waals surface area (Å²) >= 11 is 0. The third kappa shape index (κ3) is 4.68. The van der Waals surface area contributed by atoms with Crippen LogP contribution in [0, 0.1) is 0 Å². The second-order valence-corrected chi connectivity index (χ2v) is 4.33. The van der Waals surface area contributed by atoms with Gasteiger partial charge in [-0.15, -0.1) is 0 Å². The monoisotopic (exact) mass is 291 g/mol. The predicted molar refractivity (Wildman–Crippen MR) is 70.9 cm³/mol. The quantitative estimate of drug-likeness (QED) is 0.836. The zero-order chi connectivity index (χ0) is 15.2. The summed E-state index contributed by atoms with van der Waals surface area (Å²) in [4.78, 5) is 0. The van der Waals surface area contributed by atoms with Gasteiger partial charge >= 0.3 is 6.18 Å². The van der Waals surface area contributed by atoms with Gasteiger partial charge in [-0.2, -0.15) is 13.2 Å². The van der Waals surface area contributed by atoms with E-state index in [1.54, 1.807) is 13.1 Å². The van der Waals surface area contributed by atoms with Crippen molar-refractivity contribution in [3.63, 3.8) is 0 Å². The molecule has 0 spiro atoms. The van der Waals surface area contributed by atoms with Crippen LogP contribution in [0.25, 0.3) is 0 Å². The number of benzene rings is 1. The highest BCUT2D eigenvalue weighted by Gasteiger charge is 2.37. The van der Waals surface area contributed by atoms with Crippen LogP contribution in [0.2, 0.25) is 0 Å². The normalized spacial score (nSPS) is 14.9. The number of alkyl halides is 3. The van der Waals surface area contributed by atoms with Crippen molar-refractivity contribution in [1.29, 1.82) is 0 Å². The van der Waals surface area contributed by atoms with Gasteiger partial charge in [0.05, 0.1) is 19.3 Å². The van der Waals surface area contributed by atoms with Crippen molar-refractivity contribution in [3.05, 3.63) is 29.8 Å². The van der Waals surface area contributed by atoms with Gasteiger partial charge in [-0.1, -0.05) is 18.2 Å². The summed E-state index contributed by atoms with van der Waals surface area (Å²) in [6.07, 6.45) is -6.14. The molecule has 0 aliphatic carbocycles. The van der Waals surface area contributed by atoms with Gasteiger partial charge in [0.15, 0.2) is 6.10 Å². The fourth-order valence-electron chi connectivity index (χ4n) is 1.72. The Kier molecular flexibility index (Phi) is 6.29. The maximum atomic E-state index is 12.4. The molecule has 114 valence electrons. The Morgan fingerprint density at radius 1 is 1.25 bits per heavy atom. The van der Waals surface area contributed by atoms with Gasteiger partial charge in [-0.05, 0) is 27.0 Å². The van der Waals surface area contributed by atoms with Crippen LogP contribution in [0.1, 0.15) is 25.5 Å². The third-order valence-electron chi connectivity index (χ3n) is 2.92. The highest BCUT2D eigenvalue weighted by atomic mass is 19.4. The minimum absolute atomic E-state index is 0.0821. The topological polar surface area (TPSA) is 30.5 Å². The third-order valence-corrected chi connectivity index (χ3v) is 2.92. The van der Waals surface area contributed by atoms with Gasteiger partial charge in [0.25, 0.3) is 0 Å². The van der Waals surface area contributed by atoms with Crippen LogP contribution in [0.3, 0.4) is 0 Å². The van der Waals surface area contributed by atoms with Gasteiger partial charge in [0.2, 0.25) is 0 Å². The van der Waals surface area contributed by atoms with E-state index in [1.165, 1.54) is 0 Å². The summed E-state index contributed by atoms with van der Waals surface area (Å²) in [6.45, 7) is 3.27. The summed E-state index contributed by atoms with van der Waals surface area (Å²) in [7, 11) is 1.68. The van der Waals surface area contributed by atoms with Crippen molar-refractivity contribution in [2.24, 2.45) is 0 Å². The van der Waals surface area contributed by atoms with Crippen LogP contribution < -0.4 is 10.1 Å². The van der Waals surface area contributed by atoms with E-state index in [0.29, 0.717) is 12.4 Å². The molecule has 1 aromatic carbocycles. The van der Waals surface area contributed by atoms with Crippen LogP contribution in [0.5, 0.6) is 5.75 Å². The number of rotatable bonds is 7. The molecule has 0 aromatic heterocycles. The smallest absolute Gasteiger partial charge is 0.414 e. The lowest BCUT2D eigenvalue weighted by atomic mass is 10.1. The molecule has 3 nitrogen and oxygen atoms in total. The predicted octanol–water partition coefficient (Wildman–Crippen LogP) is 3.31. The van der Waals surface area contributed by atoms with Crippen LogP contribution in [-0.4, -0.2) is 32.5 Å². The van der Waals surface area contributed by atoms with Crippen molar-refractivity contribution in [2.75, 3.05) is 20.3 Å². The Morgan fingerprint density at radius 2 is 1.90 bits per heavy atom. The Balaban J connectivity index is 2.76. The number of halogens is 3. The summed E-state index contributed by atoms with van der Waals surface area (Å²) in [5.74, 6) is 0.651. The SMILES string of the molecule is CCOc1ccccc1C(COC(C)C(F)(F)F)NC. The van der Waals surface area contributed by atoms with Crippen molar-refractivity contribution in [3.8, 4) is 5.75 Å². The second kappa shape index (κ2) is 7.50. The maximum Gasteiger partial charge on any atom is 0.414 e. The standard InChI is InChI=1S/C14H20F3NO2/c1-4-19-13-8-6-5-7-11(13)12(18-3)9-20-10(2)14(15,16)17/h5-8,10,12,18H,4,9H2,1-3H3. The lowest BCUT2D eigenvalue weighted by Gasteiger charge is -2.23. The largest absolute Gasteiger partial charge is 0.494 e. The molecule has 20 heavy (non-hydrogen) atoms. The van der Waals surface area contributed by atoms with E-state index in [-0.39, 0.29) is 12.6 Å². The van der Waals surface area contributed by atoms with Crippen LogP contribution in [-0.2, 0) is 4.74 Å². The van der Waals surface area contributed by atoms with Crippen LogP contribution in [0.15, 0.2) is 24.3 Å². The van der Waals surface area contributed by atoms with Gasteiger partial charge in [0.1, 0.15) is 5.75 Å². The van der Waals surface area contributed by atoms with Gasteiger partial charge in [0, 0.05) is 5.56 Å². The average Bonchev–Trinajstić information content (AvgIpc) is 2.40. The Labute approximate surface area is 117 Å². The van der Waals surface area contributed by atoms with Crippen LogP contribution >= 0.6 is 0 Å². The first-order chi connectivity index (χ1) is 9.40. The number of para-hydroxylation sites is 1. The minimum atomic E-state index is -4.35. The first-order valence-electron chi connectivity index (χ1n) is 6.47. The van der Waals surface area contributed by atoms with E-state index in [2.05, 4.69) is 5.32 Å². The summed E-state index contributed by atoms with van der Waals surface area (Å²) in [6, 6.07) is 6.88. The summed E-state index contributed by atoms with van der Waals surface area (Å²) in [5.41, 5.74) is 0.784. The number of ether oxygens (including phenoxy) is 2. The molecule has 0 aliphatic rings. The van der Waals surface area contributed by atoms with E-state index < -0.39 is 12.3 Å². The minimum Gasteiger partial charge on any atom is -0.494 e. The molecule has 0 amide bonds. The zero-order valence-electron chi connectivity index (χ0n) is 11.8. The molecule has 2 atom stereocenters. The van der Waals surface area contributed by atoms with Gasteiger partial charge in [-0.3, -0.25) is 0 Å². The molecule has 0 heterocycles. The molecular weight excluding hydrogens is 271 g/mol. The van der Waals surface area contributed by atoms with E-state index in [1.807, 2.05) is 25.1 Å². The first kappa shape index (κ1) is 16.8. The number of likely N-dealkylation sites (N-methyl/N-ethyl adjacent to an activating group) is 1. The second-order valence-electron chi connectivity index (χ2n) is 4.33. The fraction of sp³-hybridized carbons (Fsp3) is 0.571. The molecule has 0 fully saturated rings. The highest BCUT2D eigenvalue weighted by molar-refractivity contribution is 5.36. The molecule has 0 bridgehead atoms. The van der Waals surface area contributed by atoms with Crippen molar-refractivity contribution < 1.29 is 22.6 Å². The molecule has 1 N–H and O–H groups in total. The van der Waals surface area contributed by atoms with Gasteiger partial charge in [-0.25, -0.2) is 0 Å². The molecule has 6 heteroatoms. The molecule has 2 unspecified atom stereocenters. The van der Waals surface area contributed by atoms with E-state index in [4.69, 9.17) is 9.47 Å². The van der Waals surface area contributed by atoms with Crippen molar-refractivity contribution >= 4 is 0 Å². The Bertz CT molecular complexity index is 410. The Morgan fingerprint density at radius 3 is 2.45 bits per heavy atom. The molecule has 0 radical (unpaired) electrons. The lowest BCUT2D eigenvalue weighted by Crippen LogP contribution is -2.32. The fourth-order valence-corrected chi connectivity index (χ4v) is 1.72. The average molecular weight is 291 g/mol. The van der Waals surface area contributed by atoms with Gasteiger partial charge < -0.3 is 14.8 Å². The molecular formula is C14H20F3NO2. The van der Waals surface area contributed by atoms with Crippen LogP contribution in [0.4, 0.5) is 13.2 Å². The molecule has 1 rings (SSSR count). The molecule has 1 aromatic rings. The van der Waals surface area contributed by atoms with Crippen molar-refractivity contribution in [1.82, 2.24) is 5.32 Å². The summed E-state index contributed by atoms with van der Waals surface area (Å²) in [5, 5.41) is 2.95. The van der Waals surface area contributed by atoms with E-state index in [0.717, 1.165) is 12.5 Å². The first-order valence-corrected chi connectivity index (χ1v) is 6.47. The zero-order valence-corrected chi connectivity index (χ0v) is 11.8. The molecule has 0 saturated carbocycles. The highest BCUT2D eigenvalue weighted by Crippen LogP contribution is 2.27. The van der Waals surface area contributed by atoms with Crippen molar-refractivity contribution in [2.45, 2.75) is 32.2 Å². The van der Waals surface area contributed by atoms with E-state index >= 15 is 0 Å². The number of nitrogens with one attached hydrogen (secondary N) is 1. The van der Waals surface area contributed by atoms with E-state index in [9.17, 15) is 13.2 Å². The summed E-state index contributed by atoms with van der Waals surface area (Å²) < 4.78 is 47.7. The Hall–Kier alpha value is -1.27. The number of hydrogen-bond acceptors (Lipinski definition) is 3. The molecule has 0 aliphatic heterocycles.